The number of guanidine groups is 1. The molecule has 1 aromatic rings. The Hall–Kier alpha value is -1.59. The van der Waals surface area contributed by atoms with Crippen LogP contribution in [0.4, 0.5) is 0 Å². The lowest BCUT2D eigenvalue weighted by atomic mass is 10.1. The molecule has 0 radical (unpaired) electrons. The van der Waals surface area contributed by atoms with E-state index in [9.17, 15) is 0 Å². The summed E-state index contributed by atoms with van der Waals surface area (Å²) in [6, 6.07) is 8.94. The van der Waals surface area contributed by atoms with Crippen LogP contribution >= 0.6 is 0 Å². The highest BCUT2D eigenvalue weighted by molar-refractivity contribution is 5.79. The maximum Gasteiger partial charge on any atom is 0.191 e. The van der Waals surface area contributed by atoms with Crippen LogP contribution in [0.25, 0.3) is 0 Å². The number of nitrogens with zero attached hydrogens (tertiary/aromatic N) is 3. The van der Waals surface area contributed by atoms with Gasteiger partial charge in [-0.25, -0.2) is 4.99 Å². The fourth-order valence-electron chi connectivity index (χ4n) is 3.02. The second kappa shape index (κ2) is 11.1. The molecule has 5 nitrogen and oxygen atoms in total. The molecule has 140 valence electrons. The van der Waals surface area contributed by atoms with E-state index in [4.69, 9.17) is 0 Å². The largest absolute Gasteiger partial charge is 0.357 e. The summed E-state index contributed by atoms with van der Waals surface area (Å²) in [4.78, 5) is 9.66. The summed E-state index contributed by atoms with van der Waals surface area (Å²) in [5.74, 6) is 0.905. The zero-order valence-electron chi connectivity index (χ0n) is 16.2. The second-order valence-electron chi connectivity index (χ2n) is 6.87. The summed E-state index contributed by atoms with van der Waals surface area (Å²) in [6.07, 6.45) is 2.37. The molecule has 0 saturated carbocycles. The van der Waals surface area contributed by atoms with Gasteiger partial charge in [0.25, 0.3) is 0 Å². The first-order valence-electron chi connectivity index (χ1n) is 9.72. The van der Waals surface area contributed by atoms with Crippen LogP contribution in [0.2, 0.25) is 0 Å². The molecule has 1 aromatic carbocycles. The van der Waals surface area contributed by atoms with Gasteiger partial charge in [0.15, 0.2) is 5.96 Å². The molecule has 1 saturated heterocycles. The Kier molecular flexibility index (Phi) is 8.77. The van der Waals surface area contributed by atoms with E-state index in [1.54, 1.807) is 0 Å². The molecule has 5 heteroatoms. The van der Waals surface area contributed by atoms with Gasteiger partial charge in [0.05, 0.1) is 6.54 Å². The molecule has 0 atom stereocenters. The molecule has 0 bridgehead atoms. The summed E-state index contributed by atoms with van der Waals surface area (Å²) < 4.78 is 0. The highest BCUT2D eigenvalue weighted by Gasteiger charge is 2.12. The highest BCUT2D eigenvalue weighted by Crippen LogP contribution is 2.10. The first-order valence-corrected chi connectivity index (χ1v) is 9.72. The van der Waals surface area contributed by atoms with E-state index >= 15 is 0 Å². The first kappa shape index (κ1) is 19.7. The molecule has 1 aliphatic rings. The molecular weight excluding hydrogens is 310 g/mol. The average Bonchev–Trinajstić information content (AvgIpc) is 2.83. The number of hydrogen-bond donors (Lipinski definition) is 2. The van der Waals surface area contributed by atoms with E-state index in [1.165, 1.54) is 37.2 Å². The van der Waals surface area contributed by atoms with Crippen LogP contribution in [-0.2, 0) is 13.1 Å². The summed E-state index contributed by atoms with van der Waals surface area (Å²) in [7, 11) is 2.22. The van der Waals surface area contributed by atoms with Gasteiger partial charge in [-0.2, -0.15) is 0 Å². The van der Waals surface area contributed by atoms with E-state index in [0.717, 1.165) is 38.6 Å². The minimum absolute atomic E-state index is 0.716. The van der Waals surface area contributed by atoms with Gasteiger partial charge in [-0.1, -0.05) is 31.2 Å². The Morgan fingerprint density at radius 1 is 1.00 bits per heavy atom. The molecule has 2 N–H and O–H groups in total. The van der Waals surface area contributed by atoms with Gasteiger partial charge < -0.3 is 15.5 Å². The predicted octanol–water partition coefficient (Wildman–Crippen LogP) is 2.29. The van der Waals surface area contributed by atoms with Gasteiger partial charge in [-0.15, -0.1) is 0 Å². The van der Waals surface area contributed by atoms with Crippen molar-refractivity contribution in [3.8, 4) is 0 Å². The summed E-state index contributed by atoms with van der Waals surface area (Å²) >= 11 is 0. The minimum atomic E-state index is 0.716. The molecule has 0 aromatic heterocycles. The Morgan fingerprint density at radius 2 is 1.76 bits per heavy atom. The Labute approximate surface area is 153 Å². The lowest BCUT2D eigenvalue weighted by Gasteiger charge is -2.20. The van der Waals surface area contributed by atoms with Crippen LogP contribution in [0.3, 0.4) is 0 Å². The van der Waals surface area contributed by atoms with Crippen LogP contribution < -0.4 is 10.6 Å². The molecule has 1 fully saturated rings. The van der Waals surface area contributed by atoms with Gasteiger partial charge in [0, 0.05) is 32.7 Å². The zero-order chi connectivity index (χ0) is 17.9. The zero-order valence-corrected chi connectivity index (χ0v) is 16.2. The molecule has 0 aliphatic carbocycles. The van der Waals surface area contributed by atoms with Crippen molar-refractivity contribution in [1.82, 2.24) is 20.4 Å². The summed E-state index contributed by atoms with van der Waals surface area (Å²) in [5, 5.41) is 6.63. The quantitative estimate of drug-likeness (QED) is 0.588. The molecule has 25 heavy (non-hydrogen) atoms. The third-order valence-electron chi connectivity index (χ3n) is 4.55. The molecule has 0 unspecified atom stereocenters. The molecule has 0 spiro atoms. The molecular formula is C20H35N5. The smallest absolute Gasteiger partial charge is 0.191 e. The summed E-state index contributed by atoms with van der Waals surface area (Å²) in [6.45, 7) is 12.6. The molecule has 2 rings (SSSR count). The SMILES string of the molecule is CCCNC(=NCc1ccc(CN2CCCN(C)CC2)cc1)NCC. The third kappa shape index (κ3) is 7.45. The predicted molar refractivity (Wildman–Crippen MR) is 107 cm³/mol. The molecule has 1 heterocycles. The van der Waals surface area contributed by atoms with E-state index < -0.39 is 0 Å². The van der Waals surface area contributed by atoms with E-state index in [-0.39, 0.29) is 0 Å². The molecule has 1 aliphatic heterocycles. The number of aliphatic imine (C=N–C) groups is 1. The topological polar surface area (TPSA) is 42.9 Å². The maximum absolute atomic E-state index is 4.67. The number of hydrogen-bond acceptors (Lipinski definition) is 3. The van der Waals surface area contributed by atoms with Gasteiger partial charge in [-0.05, 0) is 51.0 Å². The van der Waals surface area contributed by atoms with Crippen molar-refractivity contribution in [2.75, 3.05) is 46.3 Å². The Balaban J connectivity index is 1.86. The fourth-order valence-corrected chi connectivity index (χ4v) is 3.02. The van der Waals surface area contributed by atoms with Gasteiger partial charge in [-0.3, -0.25) is 4.90 Å². The fraction of sp³-hybridized carbons (Fsp3) is 0.650. The van der Waals surface area contributed by atoms with Crippen LogP contribution in [-0.4, -0.2) is 62.1 Å². The minimum Gasteiger partial charge on any atom is -0.357 e. The second-order valence-corrected chi connectivity index (χ2v) is 6.87. The normalized spacial score (nSPS) is 17.3. The molecule has 0 amide bonds. The standard InChI is InChI=1S/C20H35N5/c1-4-11-22-20(21-5-2)23-16-18-7-9-19(10-8-18)17-25-13-6-12-24(3)14-15-25/h7-10H,4-6,11-17H2,1-3H3,(H2,21,22,23). The van der Waals surface area contributed by atoms with Gasteiger partial charge in [0.1, 0.15) is 0 Å². The third-order valence-corrected chi connectivity index (χ3v) is 4.55. The number of nitrogens with one attached hydrogen (secondary N) is 2. The number of rotatable bonds is 7. The number of benzene rings is 1. The van der Waals surface area contributed by atoms with Gasteiger partial charge in [0.2, 0.25) is 0 Å². The lowest BCUT2D eigenvalue weighted by molar-refractivity contribution is 0.269. The van der Waals surface area contributed by atoms with E-state index in [1.807, 2.05) is 0 Å². The lowest BCUT2D eigenvalue weighted by Crippen LogP contribution is -2.37. The van der Waals surface area contributed by atoms with Crippen molar-refractivity contribution in [2.24, 2.45) is 4.99 Å². The van der Waals surface area contributed by atoms with Crippen molar-refractivity contribution >= 4 is 5.96 Å². The van der Waals surface area contributed by atoms with Crippen molar-refractivity contribution in [1.29, 1.82) is 0 Å². The maximum atomic E-state index is 4.67. The average molecular weight is 346 g/mol. The van der Waals surface area contributed by atoms with E-state index in [0.29, 0.717) is 6.54 Å². The monoisotopic (exact) mass is 345 g/mol. The van der Waals surface area contributed by atoms with Crippen molar-refractivity contribution < 1.29 is 0 Å². The van der Waals surface area contributed by atoms with Crippen molar-refractivity contribution in [3.05, 3.63) is 35.4 Å². The van der Waals surface area contributed by atoms with Crippen LogP contribution in [0.1, 0.15) is 37.8 Å². The first-order chi connectivity index (χ1) is 12.2. The van der Waals surface area contributed by atoms with Crippen molar-refractivity contribution in [2.45, 2.75) is 39.8 Å². The van der Waals surface area contributed by atoms with Crippen LogP contribution in [0, 0.1) is 0 Å². The Morgan fingerprint density at radius 3 is 2.48 bits per heavy atom. The summed E-state index contributed by atoms with van der Waals surface area (Å²) in [5.41, 5.74) is 2.65. The van der Waals surface area contributed by atoms with Crippen molar-refractivity contribution in [3.63, 3.8) is 0 Å². The highest BCUT2D eigenvalue weighted by atomic mass is 15.2. The number of likely N-dealkylation sites (N-methyl/N-ethyl adjacent to an activating group) is 1. The van der Waals surface area contributed by atoms with Gasteiger partial charge >= 0.3 is 0 Å². The van der Waals surface area contributed by atoms with Crippen LogP contribution in [0.15, 0.2) is 29.3 Å². The van der Waals surface area contributed by atoms with Crippen LogP contribution in [0.5, 0.6) is 0 Å². The van der Waals surface area contributed by atoms with E-state index in [2.05, 4.69) is 70.6 Å². The Bertz CT molecular complexity index is 511.